The summed E-state index contributed by atoms with van der Waals surface area (Å²) in [6, 6.07) is 0. The van der Waals surface area contributed by atoms with Crippen molar-refractivity contribution < 1.29 is 23.8 Å². The number of carbonyl (C=O) groups is 2. The van der Waals surface area contributed by atoms with Gasteiger partial charge in [0, 0.05) is 36.3 Å². The Hall–Kier alpha value is -0.670. The summed E-state index contributed by atoms with van der Waals surface area (Å²) in [5.74, 6) is 1.57. The van der Waals surface area contributed by atoms with Crippen molar-refractivity contribution in [1.29, 1.82) is 0 Å². The quantitative estimate of drug-likeness (QED) is 0.139. The molecule has 1 aliphatic rings. The van der Waals surface area contributed by atoms with E-state index in [1.165, 1.54) is 55.4 Å². The van der Waals surface area contributed by atoms with Crippen molar-refractivity contribution in [2.45, 2.75) is 75.2 Å². The van der Waals surface area contributed by atoms with Gasteiger partial charge in [-0.3, -0.25) is 0 Å². The number of ether oxygens (including phenoxy) is 3. The van der Waals surface area contributed by atoms with Crippen molar-refractivity contribution >= 4 is 46.7 Å². The van der Waals surface area contributed by atoms with Gasteiger partial charge in [0.1, 0.15) is 0 Å². The van der Waals surface area contributed by atoms with Gasteiger partial charge in [0.05, 0.1) is 13.2 Å². The fourth-order valence-corrected chi connectivity index (χ4v) is 3.14. The molecule has 0 spiro atoms. The molecule has 0 unspecified atom stereocenters. The van der Waals surface area contributed by atoms with Gasteiger partial charge in [-0.2, -0.15) is 12.6 Å². The molecule has 0 aromatic rings. The van der Waals surface area contributed by atoms with E-state index in [0.29, 0.717) is 19.0 Å². The third kappa shape index (κ3) is 51.0. The Kier molecular flexibility index (Phi) is 42.0. The highest BCUT2D eigenvalue weighted by molar-refractivity contribution is 8.13. The lowest BCUT2D eigenvalue weighted by molar-refractivity contribution is 0.179. The molecular weight excluding hydrogens is 506 g/mol. The first kappa shape index (κ1) is 41.5. The first-order valence-corrected chi connectivity index (χ1v) is 14.3. The zero-order chi connectivity index (χ0) is 27.9. The number of thioether (sulfide) groups is 1. The van der Waals surface area contributed by atoms with Crippen LogP contribution in [0.15, 0.2) is 23.3 Å². The molecule has 0 atom stereocenters. The van der Waals surface area contributed by atoms with Crippen LogP contribution in [0.25, 0.3) is 0 Å². The van der Waals surface area contributed by atoms with E-state index in [1.54, 1.807) is 13.8 Å². The maximum absolute atomic E-state index is 10.7. The highest BCUT2D eigenvalue weighted by Crippen LogP contribution is 2.06. The lowest BCUT2D eigenvalue weighted by Gasteiger charge is -2.13. The predicted molar refractivity (Wildman–Crippen MR) is 159 cm³/mol. The molecule has 0 aliphatic carbocycles. The molecule has 210 valence electrons. The zero-order valence-electron chi connectivity index (χ0n) is 23.7. The second-order valence-electron chi connectivity index (χ2n) is 7.35. The second kappa shape index (κ2) is 35.5. The van der Waals surface area contributed by atoms with Crippen LogP contribution >= 0.6 is 36.0 Å². The average molecular weight is 558 g/mol. The molecular formula is C26H52ClNO5S2. The number of thiol groups is 1. The van der Waals surface area contributed by atoms with Gasteiger partial charge < -0.3 is 19.1 Å². The molecule has 0 radical (unpaired) electrons. The molecule has 0 bridgehead atoms. The summed E-state index contributed by atoms with van der Waals surface area (Å²) in [6.45, 7) is 24.6. The molecule has 1 fully saturated rings. The van der Waals surface area contributed by atoms with Crippen molar-refractivity contribution in [3.8, 4) is 0 Å². The number of halogens is 1. The van der Waals surface area contributed by atoms with Crippen LogP contribution in [-0.2, 0) is 14.2 Å². The van der Waals surface area contributed by atoms with Crippen molar-refractivity contribution in [3.63, 3.8) is 0 Å². The third-order valence-electron chi connectivity index (χ3n) is 3.88. The summed E-state index contributed by atoms with van der Waals surface area (Å²) < 4.78 is 13.8. The van der Waals surface area contributed by atoms with E-state index in [2.05, 4.69) is 63.0 Å². The van der Waals surface area contributed by atoms with E-state index < -0.39 is 5.43 Å². The number of hydrogen-bond acceptors (Lipinski definition) is 8. The molecule has 0 N–H and O–H groups in total. The van der Waals surface area contributed by atoms with E-state index in [9.17, 15) is 9.59 Å². The SMILES string of the molecule is C1CCOC1.CC(C)=CCS.CCN(CC)CC.CCOC(=O)Cl.CCOC(=O)SCC=C(C)C. The number of nitrogens with zero attached hydrogens (tertiary/aromatic N) is 1. The van der Waals surface area contributed by atoms with Crippen LogP contribution < -0.4 is 0 Å². The van der Waals surface area contributed by atoms with Gasteiger partial charge in [-0.15, -0.1) is 0 Å². The van der Waals surface area contributed by atoms with E-state index in [-0.39, 0.29) is 5.30 Å². The van der Waals surface area contributed by atoms with Crippen molar-refractivity contribution in [1.82, 2.24) is 4.90 Å². The van der Waals surface area contributed by atoms with Crippen LogP contribution in [-0.4, -0.2) is 73.2 Å². The van der Waals surface area contributed by atoms with E-state index in [1.807, 2.05) is 19.9 Å². The summed E-state index contributed by atoms with van der Waals surface area (Å²) in [4.78, 5) is 22.7. The van der Waals surface area contributed by atoms with Gasteiger partial charge in [-0.25, -0.2) is 9.59 Å². The molecule has 35 heavy (non-hydrogen) atoms. The van der Waals surface area contributed by atoms with Crippen molar-refractivity contribution in [2.75, 3.05) is 57.6 Å². The summed E-state index contributed by atoms with van der Waals surface area (Å²) in [5, 5.41) is -0.190. The third-order valence-corrected chi connectivity index (χ3v) is 4.86. The van der Waals surface area contributed by atoms with Crippen LogP contribution in [0.2, 0.25) is 0 Å². The highest BCUT2D eigenvalue weighted by Gasteiger charge is 1.98. The Bertz CT molecular complexity index is 503. The van der Waals surface area contributed by atoms with Crippen molar-refractivity contribution in [2.24, 2.45) is 0 Å². The largest absolute Gasteiger partial charge is 0.458 e. The summed E-state index contributed by atoms with van der Waals surface area (Å²) in [7, 11) is 0. The smallest absolute Gasteiger partial charge is 0.403 e. The second-order valence-corrected chi connectivity index (χ2v) is 8.98. The first-order chi connectivity index (χ1) is 16.6. The number of allylic oxidation sites excluding steroid dienone is 2. The minimum absolute atomic E-state index is 0.190. The number of carbonyl (C=O) groups excluding carboxylic acids is 2. The molecule has 0 amide bonds. The summed E-state index contributed by atoms with van der Waals surface area (Å²) in [6.07, 6.45) is 6.63. The molecule has 9 heteroatoms. The summed E-state index contributed by atoms with van der Waals surface area (Å²) in [5.41, 5.74) is 1.82. The Morgan fingerprint density at radius 1 is 0.886 bits per heavy atom. The van der Waals surface area contributed by atoms with Gasteiger partial charge in [-0.1, -0.05) is 44.1 Å². The highest BCUT2D eigenvalue weighted by atomic mass is 35.5. The van der Waals surface area contributed by atoms with E-state index >= 15 is 0 Å². The minimum Gasteiger partial charge on any atom is -0.458 e. The lowest BCUT2D eigenvalue weighted by Crippen LogP contribution is -2.21. The Morgan fingerprint density at radius 3 is 1.51 bits per heavy atom. The molecule has 0 aromatic heterocycles. The Balaban J connectivity index is -0.000000177. The van der Waals surface area contributed by atoms with Crippen LogP contribution in [0.1, 0.15) is 75.2 Å². The van der Waals surface area contributed by atoms with Gasteiger partial charge in [0.25, 0.3) is 0 Å². The zero-order valence-corrected chi connectivity index (χ0v) is 26.1. The average Bonchev–Trinajstić information content (AvgIpc) is 3.36. The lowest BCUT2D eigenvalue weighted by atomic mass is 10.3. The Morgan fingerprint density at radius 2 is 1.34 bits per heavy atom. The van der Waals surface area contributed by atoms with Crippen molar-refractivity contribution in [3.05, 3.63) is 23.3 Å². The fourth-order valence-electron chi connectivity index (χ4n) is 1.91. The monoisotopic (exact) mass is 557 g/mol. The molecule has 1 heterocycles. The topological polar surface area (TPSA) is 65.1 Å². The van der Waals surface area contributed by atoms with Crippen LogP contribution in [0.4, 0.5) is 9.59 Å². The fraction of sp³-hybridized carbons (Fsp3) is 0.769. The Labute approximate surface area is 231 Å². The number of rotatable bonds is 8. The minimum atomic E-state index is -0.738. The standard InChI is InChI=1S/C8H14O2S.C6H15N.C5H10S.C4H8O.C3H5ClO2/c1-4-10-8(9)11-6-5-7(2)3;1-4-7(5-2)6-3;1-5(2)3-4-6;1-2-4-5-3-1;1-2-6-3(4)5/h5H,4,6H2,1-3H3;4-6H2,1-3H3;3,6H,4H2,1-2H3;1-4H2;2H2,1H3. The molecule has 0 aromatic carbocycles. The van der Waals surface area contributed by atoms with Crippen LogP contribution in [0, 0.1) is 0 Å². The molecule has 1 rings (SSSR count). The van der Waals surface area contributed by atoms with Gasteiger partial charge >= 0.3 is 10.7 Å². The summed E-state index contributed by atoms with van der Waals surface area (Å²) >= 11 is 9.89. The van der Waals surface area contributed by atoms with Gasteiger partial charge in [-0.05, 0) is 85.8 Å². The molecule has 0 saturated carbocycles. The number of hydrogen-bond donors (Lipinski definition) is 1. The normalized spacial score (nSPS) is 11.0. The maximum atomic E-state index is 10.7. The van der Waals surface area contributed by atoms with E-state index in [4.69, 9.17) is 21.1 Å². The molecule has 1 aliphatic heterocycles. The maximum Gasteiger partial charge on any atom is 0.403 e. The van der Waals surface area contributed by atoms with Gasteiger partial charge in [0.15, 0.2) is 0 Å². The van der Waals surface area contributed by atoms with Crippen LogP contribution in [0.5, 0.6) is 0 Å². The molecule has 6 nitrogen and oxygen atoms in total. The van der Waals surface area contributed by atoms with Gasteiger partial charge in [0.2, 0.25) is 0 Å². The predicted octanol–water partition coefficient (Wildman–Crippen LogP) is 8.25. The molecule has 1 saturated heterocycles. The first-order valence-electron chi connectivity index (χ1n) is 12.3. The van der Waals surface area contributed by atoms with E-state index in [0.717, 1.165) is 19.0 Å². The van der Waals surface area contributed by atoms with Crippen LogP contribution in [0.3, 0.4) is 0 Å².